The summed E-state index contributed by atoms with van der Waals surface area (Å²) in [7, 11) is 0. The van der Waals surface area contributed by atoms with Crippen molar-refractivity contribution in [3.05, 3.63) is 37.9 Å². The molecule has 0 aliphatic rings. The molecule has 0 saturated carbocycles. The minimum absolute atomic E-state index is 0.0235. The molecule has 0 saturated heterocycles. The van der Waals surface area contributed by atoms with Gasteiger partial charge in [0, 0.05) is 0 Å². The average molecular weight is 397 g/mol. The van der Waals surface area contributed by atoms with Crippen LogP contribution in [0.1, 0.15) is 25.8 Å². The minimum atomic E-state index is -1.08. The van der Waals surface area contributed by atoms with Gasteiger partial charge in [-0.3, -0.25) is 30.9 Å². The Morgan fingerprint density at radius 3 is 1.89 bits per heavy atom. The van der Waals surface area contributed by atoms with Gasteiger partial charge in [0.1, 0.15) is 12.2 Å². The number of nitro groups is 2. The fourth-order valence-electron chi connectivity index (χ4n) is 1.97. The number of aromatic nitrogens is 1. The molecule has 1 rings (SSSR count). The molecule has 13 heteroatoms. The van der Waals surface area contributed by atoms with E-state index in [1.54, 1.807) is 6.92 Å². The van der Waals surface area contributed by atoms with Gasteiger partial charge >= 0.3 is 23.6 Å². The van der Waals surface area contributed by atoms with E-state index >= 15 is 0 Å². The van der Waals surface area contributed by atoms with Crippen molar-refractivity contribution in [2.24, 2.45) is 0 Å². The molecule has 0 aliphatic carbocycles. The van der Waals surface area contributed by atoms with E-state index in [0.717, 1.165) is 6.92 Å². The van der Waals surface area contributed by atoms with Crippen molar-refractivity contribution in [2.45, 2.75) is 27.2 Å². The zero-order valence-corrected chi connectivity index (χ0v) is 15.4. The summed E-state index contributed by atoms with van der Waals surface area (Å²) in [6.45, 7) is 7.88. The second kappa shape index (κ2) is 9.80. The maximum Gasteiger partial charge on any atom is 0.413 e. The maximum absolute atomic E-state index is 11.9. The van der Waals surface area contributed by atoms with Crippen LogP contribution in [0.4, 0.5) is 32.6 Å². The van der Waals surface area contributed by atoms with Crippen LogP contribution in [0.15, 0.2) is 12.2 Å². The smallest absolute Gasteiger partial charge is 0.413 e. The van der Waals surface area contributed by atoms with Crippen molar-refractivity contribution in [2.75, 3.05) is 23.8 Å². The molecule has 0 aromatic carbocycles. The Morgan fingerprint density at radius 2 is 1.50 bits per heavy atom. The highest BCUT2D eigenvalue weighted by Crippen LogP contribution is 2.38. The lowest BCUT2D eigenvalue weighted by Gasteiger charge is -2.12. The van der Waals surface area contributed by atoms with Crippen LogP contribution in [0.2, 0.25) is 0 Å². The number of hydrogen-bond donors (Lipinski definition) is 2. The first-order valence-electron chi connectivity index (χ1n) is 7.99. The minimum Gasteiger partial charge on any atom is -0.450 e. The zero-order valence-electron chi connectivity index (χ0n) is 15.4. The molecule has 0 fully saturated rings. The number of amides is 2. The van der Waals surface area contributed by atoms with Crippen LogP contribution in [0, 0.1) is 27.2 Å². The number of pyridine rings is 1. The van der Waals surface area contributed by atoms with Crippen molar-refractivity contribution < 1.29 is 28.9 Å². The monoisotopic (exact) mass is 397 g/mol. The number of anilines is 2. The van der Waals surface area contributed by atoms with Gasteiger partial charge in [-0.05, 0) is 25.8 Å². The molecule has 0 spiro atoms. The summed E-state index contributed by atoms with van der Waals surface area (Å²) < 4.78 is 9.48. The number of nitrogens with zero attached hydrogens (tertiary/aromatic N) is 3. The third-order valence-electron chi connectivity index (χ3n) is 3.37. The lowest BCUT2D eigenvalue weighted by Crippen LogP contribution is -2.20. The van der Waals surface area contributed by atoms with Gasteiger partial charge in [0.25, 0.3) is 0 Å². The van der Waals surface area contributed by atoms with Crippen molar-refractivity contribution in [1.29, 1.82) is 0 Å². The first-order valence-corrected chi connectivity index (χ1v) is 7.99. The number of nitrogens with one attached hydrogen (secondary N) is 2. The first-order chi connectivity index (χ1) is 13.1. The predicted octanol–water partition coefficient (Wildman–Crippen LogP) is 3.29. The summed E-state index contributed by atoms with van der Waals surface area (Å²) in [4.78, 5) is 48.0. The van der Waals surface area contributed by atoms with Gasteiger partial charge in [-0.1, -0.05) is 13.5 Å². The van der Waals surface area contributed by atoms with Crippen LogP contribution in [0.5, 0.6) is 0 Å². The second-order valence-corrected chi connectivity index (χ2v) is 5.30. The molecule has 0 radical (unpaired) electrons. The van der Waals surface area contributed by atoms with Crippen LogP contribution < -0.4 is 10.6 Å². The topological polar surface area (TPSA) is 176 Å². The Hall–Kier alpha value is -3.77. The summed E-state index contributed by atoms with van der Waals surface area (Å²) >= 11 is 0. The standard InChI is InChI=1S/C15H19N5O8/c1-5-8(3)7-28-15(22)18-13-11(20(25)26)9(4)10(19(23)24)12(16-13)17-14(21)27-6-2/h3,5-7H2,1-2,4H3,(H2,16,17,18,21,22). The van der Waals surface area contributed by atoms with Gasteiger partial charge in [0.05, 0.1) is 16.5 Å². The molecular weight excluding hydrogens is 378 g/mol. The van der Waals surface area contributed by atoms with Crippen LogP contribution in [-0.4, -0.2) is 40.2 Å². The molecule has 2 amide bonds. The highest BCUT2D eigenvalue weighted by molar-refractivity contribution is 5.92. The molecule has 1 heterocycles. The van der Waals surface area contributed by atoms with Crippen LogP contribution in [0.25, 0.3) is 0 Å². The normalized spacial score (nSPS) is 9.96. The lowest BCUT2D eigenvalue weighted by atomic mass is 10.2. The van der Waals surface area contributed by atoms with Crippen LogP contribution in [-0.2, 0) is 9.47 Å². The van der Waals surface area contributed by atoms with Gasteiger partial charge < -0.3 is 9.47 Å². The first kappa shape index (κ1) is 22.3. The van der Waals surface area contributed by atoms with Gasteiger partial charge in [-0.15, -0.1) is 0 Å². The zero-order chi connectivity index (χ0) is 21.4. The number of hydrogen-bond acceptors (Lipinski definition) is 9. The molecule has 1 aromatic rings. The van der Waals surface area contributed by atoms with Crippen molar-refractivity contribution in [3.8, 4) is 0 Å². The van der Waals surface area contributed by atoms with Crippen LogP contribution in [0.3, 0.4) is 0 Å². The third-order valence-corrected chi connectivity index (χ3v) is 3.37. The van der Waals surface area contributed by atoms with Gasteiger partial charge in [-0.25, -0.2) is 9.59 Å². The fraction of sp³-hybridized carbons (Fsp3) is 0.400. The van der Waals surface area contributed by atoms with Gasteiger partial charge in [-0.2, -0.15) is 4.98 Å². The molecule has 2 N–H and O–H groups in total. The molecule has 152 valence electrons. The van der Waals surface area contributed by atoms with E-state index in [0.29, 0.717) is 12.0 Å². The molecule has 1 aromatic heterocycles. The maximum atomic E-state index is 11.9. The van der Waals surface area contributed by atoms with Crippen molar-refractivity contribution in [1.82, 2.24) is 4.98 Å². The molecule has 0 aliphatic heterocycles. The average Bonchev–Trinajstić information content (AvgIpc) is 2.58. The SMILES string of the molecule is C=C(CC)COC(=O)Nc1nc(NC(=O)OCC)c([N+](=O)[O-])c(C)c1[N+](=O)[O-]. The Labute approximate surface area is 159 Å². The quantitative estimate of drug-likeness (QED) is 0.378. The predicted molar refractivity (Wildman–Crippen MR) is 97.3 cm³/mol. The van der Waals surface area contributed by atoms with Crippen molar-refractivity contribution >= 4 is 35.2 Å². The lowest BCUT2D eigenvalue weighted by molar-refractivity contribution is -0.394. The summed E-state index contributed by atoms with van der Waals surface area (Å²) in [5.41, 5.74) is -1.45. The summed E-state index contributed by atoms with van der Waals surface area (Å²) in [6.07, 6.45) is -1.59. The van der Waals surface area contributed by atoms with E-state index in [1.165, 1.54) is 6.92 Å². The van der Waals surface area contributed by atoms with Gasteiger partial charge in [0.15, 0.2) is 0 Å². The van der Waals surface area contributed by atoms with Crippen LogP contribution >= 0.6 is 0 Å². The molecular formula is C15H19N5O8. The van der Waals surface area contributed by atoms with E-state index in [9.17, 15) is 29.8 Å². The highest BCUT2D eigenvalue weighted by atomic mass is 16.6. The van der Waals surface area contributed by atoms with E-state index in [4.69, 9.17) is 4.74 Å². The molecule has 13 nitrogen and oxygen atoms in total. The Bertz CT molecular complexity index is 823. The number of carbonyl (C=O) groups excluding carboxylic acids is 2. The largest absolute Gasteiger partial charge is 0.450 e. The summed E-state index contributed by atoms with van der Waals surface area (Å²) in [5.74, 6) is -1.26. The number of carbonyl (C=O) groups is 2. The van der Waals surface area contributed by atoms with E-state index in [2.05, 4.69) is 21.6 Å². The van der Waals surface area contributed by atoms with Gasteiger partial charge in [0.2, 0.25) is 11.6 Å². The molecule has 0 atom stereocenters. The third kappa shape index (κ3) is 5.62. The highest BCUT2D eigenvalue weighted by Gasteiger charge is 2.33. The number of rotatable bonds is 8. The van der Waals surface area contributed by atoms with E-state index in [1.807, 2.05) is 5.32 Å². The molecule has 0 bridgehead atoms. The number of ether oxygens (including phenoxy) is 2. The Morgan fingerprint density at radius 1 is 1.04 bits per heavy atom. The fourth-order valence-corrected chi connectivity index (χ4v) is 1.97. The van der Waals surface area contributed by atoms with E-state index in [-0.39, 0.29) is 13.2 Å². The summed E-state index contributed by atoms with van der Waals surface area (Å²) in [5, 5.41) is 26.8. The Balaban J connectivity index is 3.36. The summed E-state index contributed by atoms with van der Waals surface area (Å²) in [6, 6.07) is 0. The second-order valence-electron chi connectivity index (χ2n) is 5.30. The van der Waals surface area contributed by atoms with Crippen molar-refractivity contribution in [3.63, 3.8) is 0 Å². The Kier molecular flexibility index (Phi) is 7.79. The van der Waals surface area contributed by atoms with E-state index < -0.39 is 50.6 Å². The molecule has 28 heavy (non-hydrogen) atoms. The molecule has 0 unspecified atom stereocenters.